The molecule has 4 rings (SSSR count). The number of amides is 2. The van der Waals surface area contributed by atoms with Crippen LogP contribution in [0.3, 0.4) is 0 Å². The molecule has 0 bridgehead atoms. The summed E-state index contributed by atoms with van der Waals surface area (Å²) in [5.41, 5.74) is 17.4. The molecule has 33 heavy (non-hydrogen) atoms. The average Bonchev–Trinajstić information content (AvgIpc) is 3.28. The smallest absolute Gasteiger partial charge is 0.250 e. The molecule has 0 unspecified atom stereocenters. The van der Waals surface area contributed by atoms with Crippen LogP contribution in [0.5, 0.6) is 5.75 Å². The van der Waals surface area contributed by atoms with Crippen LogP contribution < -0.4 is 21.5 Å². The highest BCUT2D eigenvalue weighted by Gasteiger charge is 2.19. The molecule has 0 atom stereocenters. The van der Waals surface area contributed by atoms with Crippen LogP contribution in [0, 0.1) is 0 Å². The zero-order chi connectivity index (χ0) is 23.5. The molecule has 0 aliphatic carbocycles. The lowest BCUT2D eigenvalue weighted by Gasteiger charge is -2.15. The number of methoxy groups -OCH3 is 1. The van der Waals surface area contributed by atoms with Crippen molar-refractivity contribution in [3.8, 4) is 28.1 Å². The van der Waals surface area contributed by atoms with Crippen molar-refractivity contribution in [1.29, 1.82) is 0 Å². The number of aromatic amines is 1. The molecular weight excluding hydrogens is 416 g/mol. The van der Waals surface area contributed by atoms with Gasteiger partial charge in [-0.1, -0.05) is 36.9 Å². The molecule has 0 radical (unpaired) electrons. The highest BCUT2D eigenvalue weighted by Crippen LogP contribution is 2.39. The van der Waals surface area contributed by atoms with Crippen LogP contribution in [0.15, 0.2) is 73.3 Å². The van der Waals surface area contributed by atoms with Gasteiger partial charge in [0.25, 0.3) is 5.91 Å². The standard InChI is InChI=1S/C26H24N4O3/c1-3-24(31)29-21-9-6-8-15(20(21)14-27)16-11-12-18(26(28)32)25-19(16)13-22(30-25)17-7-4-5-10-23(17)33-2/h3-13,30H,1,14,27H2,2H3,(H2,28,32)(H,29,31). The third kappa shape index (κ3) is 3.97. The molecule has 7 nitrogen and oxygen atoms in total. The van der Waals surface area contributed by atoms with E-state index in [1.165, 1.54) is 6.08 Å². The van der Waals surface area contributed by atoms with Gasteiger partial charge >= 0.3 is 0 Å². The molecule has 0 fully saturated rings. The molecular formula is C26H24N4O3. The van der Waals surface area contributed by atoms with Gasteiger partial charge in [0.15, 0.2) is 0 Å². The summed E-state index contributed by atoms with van der Waals surface area (Å²) in [7, 11) is 1.61. The summed E-state index contributed by atoms with van der Waals surface area (Å²) in [5, 5.41) is 3.61. The van der Waals surface area contributed by atoms with Crippen LogP contribution in [0.2, 0.25) is 0 Å². The number of hydrogen-bond acceptors (Lipinski definition) is 4. The number of primary amides is 1. The minimum absolute atomic E-state index is 0.200. The number of aromatic nitrogens is 1. The Labute approximate surface area is 191 Å². The maximum absolute atomic E-state index is 12.2. The highest BCUT2D eigenvalue weighted by atomic mass is 16.5. The van der Waals surface area contributed by atoms with E-state index >= 15 is 0 Å². The fraction of sp³-hybridized carbons (Fsp3) is 0.0769. The number of anilines is 1. The lowest BCUT2D eigenvalue weighted by Crippen LogP contribution is -2.13. The summed E-state index contributed by atoms with van der Waals surface area (Å²) in [5.74, 6) is -0.162. The summed E-state index contributed by atoms with van der Waals surface area (Å²) in [6, 6.07) is 18.7. The van der Waals surface area contributed by atoms with E-state index in [0.29, 0.717) is 22.5 Å². The van der Waals surface area contributed by atoms with Crippen LogP contribution in [-0.4, -0.2) is 23.9 Å². The van der Waals surface area contributed by atoms with Crippen molar-refractivity contribution in [1.82, 2.24) is 4.98 Å². The maximum atomic E-state index is 12.2. The lowest BCUT2D eigenvalue weighted by molar-refractivity contribution is -0.111. The number of carbonyl (C=O) groups is 2. The van der Waals surface area contributed by atoms with E-state index in [2.05, 4.69) is 16.9 Å². The van der Waals surface area contributed by atoms with Crippen LogP contribution in [0.4, 0.5) is 5.69 Å². The first-order chi connectivity index (χ1) is 16.0. The molecule has 0 spiro atoms. The third-order valence-electron chi connectivity index (χ3n) is 5.57. The molecule has 6 N–H and O–H groups in total. The number of rotatable bonds is 7. The van der Waals surface area contributed by atoms with Gasteiger partial charge in [0.2, 0.25) is 5.91 Å². The van der Waals surface area contributed by atoms with Crippen LogP contribution in [0.25, 0.3) is 33.3 Å². The largest absolute Gasteiger partial charge is 0.496 e. The predicted octanol–water partition coefficient (Wildman–Crippen LogP) is 4.19. The fourth-order valence-electron chi connectivity index (χ4n) is 4.03. The molecule has 1 aromatic heterocycles. The molecule has 0 aliphatic heterocycles. The zero-order valence-electron chi connectivity index (χ0n) is 18.1. The molecule has 1 heterocycles. The number of para-hydroxylation sites is 1. The van der Waals surface area contributed by atoms with Gasteiger partial charge in [-0.15, -0.1) is 0 Å². The number of nitrogens with two attached hydrogens (primary N) is 2. The minimum Gasteiger partial charge on any atom is -0.496 e. The molecule has 7 heteroatoms. The molecule has 0 saturated carbocycles. The summed E-state index contributed by atoms with van der Waals surface area (Å²) < 4.78 is 5.51. The van der Waals surface area contributed by atoms with Gasteiger partial charge in [-0.25, -0.2) is 0 Å². The van der Waals surface area contributed by atoms with Crippen molar-refractivity contribution in [3.63, 3.8) is 0 Å². The summed E-state index contributed by atoms with van der Waals surface area (Å²) in [4.78, 5) is 27.4. The van der Waals surface area contributed by atoms with E-state index in [0.717, 1.165) is 33.3 Å². The first-order valence-electron chi connectivity index (χ1n) is 10.3. The van der Waals surface area contributed by atoms with E-state index in [9.17, 15) is 9.59 Å². The SMILES string of the molecule is C=CC(=O)Nc1cccc(-c2ccc(C(N)=O)c3[nH]c(-c4ccccc4OC)cc23)c1CN. The first-order valence-corrected chi connectivity index (χ1v) is 10.3. The molecule has 4 aromatic rings. The van der Waals surface area contributed by atoms with Crippen molar-refractivity contribution in [2.75, 3.05) is 12.4 Å². The van der Waals surface area contributed by atoms with Crippen LogP contribution >= 0.6 is 0 Å². The van der Waals surface area contributed by atoms with Gasteiger partial charge in [0.1, 0.15) is 5.75 Å². The highest BCUT2D eigenvalue weighted by molar-refractivity contribution is 6.11. The van der Waals surface area contributed by atoms with Crippen molar-refractivity contribution in [2.24, 2.45) is 11.5 Å². The Kier molecular flexibility index (Phi) is 5.97. The Bertz CT molecular complexity index is 1390. The summed E-state index contributed by atoms with van der Waals surface area (Å²) >= 11 is 0. The molecule has 166 valence electrons. The second-order valence-electron chi connectivity index (χ2n) is 7.43. The van der Waals surface area contributed by atoms with E-state index in [1.54, 1.807) is 19.2 Å². The van der Waals surface area contributed by atoms with Crippen LogP contribution in [0.1, 0.15) is 15.9 Å². The molecule has 0 saturated heterocycles. The average molecular weight is 441 g/mol. The third-order valence-corrected chi connectivity index (χ3v) is 5.57. The van der Waals surface area contributed by atoms with Gasteiger partial charge in [-0.2, -0.15) is 0 Å². The monoisotopic (exact) mass is 440 g/mol. The quantitative estimate of drug-likeness (QED) is 0.322. The normalized spacial score (nSPS) is 10.7. The second-order valence-corrected chi connectivity index (χ2v) is 7.43. The van der Waals surface area contributed by atoms with Gasteiger partial charge < -0.3 is 26.5 Å². The number of ether oxygens (including phenoxy) is 1. The van der Waals surface area contributed by atoms with E-state index < -0.39 is 5.91 Å². The topological polar surface area (TPSA) is 123 Å². The molecule has 3 aromatic carbocycles. The number of carbonyl (C=O) groups excluding carboxylic acids is 2. The number of H-pyrrole nitrogens is 1. The number of benzene rings is 3. The Morgan fingerprint density at radius 1 is 1.06 bits per heavy atom. The summed E-state index contributed by atoms with van der Waals surface area (Å²) in [6.07, 6.45) is 1.21. The van der Waals surface area contributed by atoms with Crippen LogP contribution in [-0.2, 0) is 11.3 Å². The minimum atomic E-state index is -0.536. The Balaban J connectivity index is 1.98. The predicted molar refractivity (Wildman–Crippen MR) is 131 cm³/mol. The fourth-order valence-corrected chi connectivity index (χ4v) is 4.03. The van der Waals surface area contributed by atoms with Crippen molar-refractivity contribution in [2.45, 2.75) is 6.54 Å². The zero-order valence-corrected chi connectivity index (χ0v) is 18.1. The number of hydrogen-bond donors (Lipinski definition) is 4. The van der Waals surface area contributed by atoms with E-state index in [4.69, 9.17) is 16.2 Å². The Hall–Kier alpha value is -4.36. The molecule has 2 amide bonds. The van der Waals surface area contributed by atoms with E-state index in [1.807, 2.05) is 48.5 Å². The van der Waals surface area contributed by atoms with Gasteiger partial charge in [-0.3, -0.25) is 9.59 Å². The lowest BCUT2D eigenvalue weighted by atomic mass is 9.93. The van der Waals surface area contributed by atoms with Crippen molar-refractivity contribution < 1.29 is 14.3 Å². The molecule has 0 aliphatic rings. The van der Waals surface area contributed by atoms with Crippen molar-refractivity contribution in [3.05, 3.63) is 84.4 Å². The number of fused-ring (bicyclic) bond motifs is 1. The van der Waals surface area contributed by atoms with Gasteiger partial charge in [0.05, 0.1) is 23.9 Å². The Morgan fingerprint density at radius 3 is 2.52 bits per heavy atom. The van der Waals surface area contributed by atoms with Crippen molar-refractivity contribution >= 4 is 28.4 Å². The first kappa shape index (κ1) is 21.9. The number of nitrogens with one attached hydrogen (secondary N) is 2. The maximum Gasteiger partial charge on any atom is 0.250 e. The second kappa shape index (κ2) is 9.02. The summed E-state index contributed by atoms with van der Waals surface area (Å²) in [6.45, 7) is 3.70. The Morgan fingerprint density at radius 2 is 1.82 bits per heavy atom. The van der Waals surface area contributed by atoms with Gasteiger partial charge in [-0.05, 0) is 53.1 Å². The van der Waals surface area contributed by atoms with E-state index in [-0.39, 0.29) is 12.5 Å². The van der Waals surface area contributed by atoms with Gasteiger partial charge in [0, 0.05) is 23.2 Å².